The Morgan fingerprint density at radius 3 is 2.39 bits per heavy atom. The molecule has 0 fully saturated rings. The van der Waals surface area contributed by atoms with Crippen LogP contribution in [-0.4, -0.2) is 35.7 Å². The third-order valence-electron chi connectivity index (χ3n) is 4.95. The Hall–Kier alpha value is -2.43. The number of aryl methyl sites for hydroxylation is 1. The molecule has 2 aromatic carbocycles. The highest BCUT2D eigenvalue weighted by Crippen LogP contribution is 2.30. The number of nitrogens with zero attached hydrogens (tertiary/aromatic N) is 2. The summed E-state index contributed by atoms with van der Waals surface area (Å²) in [5.41, 5.74) is 2.50. The zero-order chi connectivity index (χ0) is 24.9. The number of hydrogen-bond acceptors (Lipinski definition) is 4. The van der Waals surface area contributed by atoms with E-state index in [-0.39, 0.29) is 23.0 Å². The summed E-state index contributed by atoms with van der Waals surface area (Å²) < 4.78 is 61.1. The van der Waals surface area contributed by atoms with E-state index in [0.29, 0.717) is 35.2 Å². The molecule has 10 heteroatoms. The van der Waals surface area contributed by atoms with Crippen LogP contribution in [0, 0.1) is 5.82 Å². The molecule has 33 heavy (non-hydrogen) atoms. The van der Waals surface area contributed by atoms with E-state index in [4.69, 9.17) is 5.14 Å². The minimum absolute atomic E-state index is 0.00111. The van der Waals surface area contributed by atoms with Gasteiger partial charge in [0, 0.05) is 6.54 Å². The summed E-state index contributed by atoms with van der Waals surface area (Å²) in [5, 5.41) is 5.78. The molecule has 2 aromatic rings. The number of hydrogen-bond donors (Lipinski definition) is 1. The first-order valence-corrected chi connectivity index (χ1v) is 12.0. The number of carbonyl (C=O) groups is 1. The van der Waals surface area contributed by atoms with Crippen LogP contribution >= 0.6 is 0 Å². The van der Waals surface area contributed by atoms with E-state index in [1.54, 1.807) is 6.07 Å². The zero-order valence-electron chi connectivity index (χ0n) is 19.4. The van der Waals surface area contributed by atoms with E-state index in [1.807, 2.05) is 39.8 Å². The molecule has 1 atom stereocenters. The van der Waals surface area contributed by atoms with Gasteiger partial charge in [0.1, 0.15) is 21.5 Å². The summed E-state index contributed by atoms with van der Waals surface area (Å²) >= 11 is 0. The van der Waals surface area contributed by atoms with Crippen molar-refractivity contribution in [1.29, 1.82) is 0 Å². The number of benzene rings is 2. The van der Waals surface area contributed by atoms with Crippen LogP contribution in [0.2, 0.25) is 0 Å². The molecule has 6 nitrogen and oxygen atoms in total. The van der Waals surface area contributed by atoms with Crippen LogP contribution in [0.25, 0.3) is 0 Å². The summed E-state index contributed by atoms with van der Waals surface area (Å²) in [4.78, 5) is 14.2. The van der Waals surface area contributed by atoms with Crippen molar-refractivity contribution < 1.29 is 26.9 Å². The molecule has 1 amide bonds. The highest BCUT2D eigenvalue weighted by molar-refractivity contribution is 7.91. The fourth-order valence-electron chi connectivity index (χ4n) is 3.57. The van der Waals surface area contributed by atoms with Gasteiger partial charge in [-0.05, 0) is 73.0 Å². The van der Waals surface area contributed by atoms with E-state index in [9.17, 15) is 22.2 Å². The lowest BCUT2D eigenvalue weighted by Crippen LogP contribution is -2.18. The van der Waals surface area contributed by atoms with Crippen molar-refractivity contribution in [2.75, 3.05) is 14.1 Å². The lowest BCUT2D eigenvalue weighted by Gasteiger charge is -2.18. The van der Waals surface area contributed by atoms with Crippen molar-refractivity contribution in [2.24, 2.45) is 9.50 Å². The standard InChI is InChI=1S/C23H30F3N3O3S/c1-6-16-10-17(32-23(25)26)11-18(14(2)3)19(16)12-22(30)28-33(27,31)21-8-7-15(9-20(21)24)13-29(4)5/h7-11,14,23H,6,12-13H2,1-5H3,(H2,27,28,30,31). The maximum atomic E-state index is 14.6. The Bertz CT molecular complexity index is 1130. The maximum absolute atomic E-state index is 14.6. The van der Waals surface area contributed by atoms with Crippen LogP contribution in [0.3, 0.4) is 0 Å². The molecule has 1 unspecified atom stereocenters. The van der Waals surface area contributed by atoms with Crippen LogP contribution in [-0.2, 0) is 34.1 Å². The van der Waals surface area contributed by atoms with Crippen molar-refractivity contribution >= 4 is 15.8 Å². The number of rotatable bonds is 9. The third kappa shape index (κ3) is 7.28. The number of halogens is 3. The van der Waals surface area contributed by atoms with E-state index in [1.165, 1.54) is 24.3 Å². The summed E-state index contributed by atoms with van der Waals surface area (Å²) in [6.45, 7) is 3.01. The summed E-state index contributed by atoms with van der Waals surface area (Å²) in [6, 6.07) is 6.99. The van der Waals surface area contributed by atoms with Gasteiger partial charge >= 0.3 is 6.61 Å². The Kier molecular flexibility index (Phi) is 9.04. The van der Waals surface area contributed by atoms with E-state index in [2.05, 4.69) is 9.10 Å². The molecule has 0 heterocycles. The largest absolute Gasteiger partial charge is 0.435 e. The first-order chi connectivity index (χ1) is 15.3. The van der Waals surface area contributed by atoms with Gasteiger partial charge in [-0.25, -0.2) is 13.7 Å². The summed E-state index contributed by atoms with van der Waals surface area (Å²) in [6.07, 6.45) is 0.197. The quantitative estimate of drug-likeness (QED) is 0.561. The van der Waals surface area contributed by atoms with Crippen LogP contribution in [0.15, 0.2) is 39.6 Å². The van der Waals surface area contributed by atoms with Crippen LogP contribution in [0.5, 0.6) is 5.75 Å². The van der Waals surface area contributed by atoms with Gasteiger partial charge in [0.2, 0.25) is 0 Å². The zero-order valence-corrected chi connectivity index (χ0v) is 20.2. The van der Waals surface area contributed by atoms with Gasteiger partial charge in [-0.1, -0.05) is 26.8 Å². The third-order valence-corrected chi connectivity index (χ3v) is 6.39. The topological polar surface area (TPSA) is 85.0 Å². The van der Waals surface area contributed by atoms with Crippen molar-refractivity contribution in [1.82, 2.24) is 4.90 Å². The van der Waals surface area contributed by atoms with Gasteiger partial charge in [0.15, 0.2) is 0 Å². The highest BCUT2D eigenvalue weighted by atomic mass is 32.2. The first kappa shape index (κ1) is 26.8. The van der Waals surface area contributed by atoms with Gasteiger partial charge in [-0.15, -0.1) is 4.36 Å². The molecule has 0 radical (unpaired) electrons. The predicted molar refractivity (Wildman–Crippen MR) is 122 cm³/mol. The van der Waals surface area contributed by atoms with E-state index in [0.717, 1.165) is 0 Å². The second-order valence-corrected chi connectivity index (χ2v) is 10.0. The van der Waals surface area contributed by atoms with E-state index < -0.39 is 28.3 Å². The summed E-state index contributed by atoms with van der Waals surface area (Å²) in [7, 11) is -0.164. The molecule has 0 aromatic heterocycles. The Morgan fingerprint density at radius 1 is 1.21 bits per heavy atom. The van der Waals surface area contributed by atoms with Gasteiger partial charge < -0.3 is 9.64 Å². The molecular formula is C23H30F3N3O3S. The van der Waals surface area contributed by atoms with Gasteiger partial charge in [0.25, 0.3) is 5.91 Å². The minimum Gasteiger partial charge on any atom is -0.435 e. The lowest BCUT2D eigenvalue weighted by atomic mass is 9.90. The summed E-state index contributed by atoms with van der Waals surface area (Å²) in [5.74, 6) is -1.70. The van der Waals surface area contributed by atoms with Crippen molar-refractivity contribution in [3.63, 3.8) is 0 Å². The van der Waals surface area contributed by atoms with Gasteiger partial charge in [-0.3, -0.25) is 4.79 Å². The van der Waals surface area contributed by atoms with Crippen LogP contribution < -0.4 is 9.88 Å². The van der Waals surface area contributed by atoms with Crippen molar-refractivity contribution in [2.45, 2.75) is 57.6 Å². The van der Waals surface area contributed by atoms with Crippen molar-refractivity contribution in [3.8, 4) is 5.75 Å². The molecule has 2 rings (SSSR count). The monoisotopic (exact) mass is 485 g/mol. The van der Waals surface area contributed by atoms with E-state index >= 15 is 0 Å². The molecule has 0 saturated heterocycles. The van der Waals surface area contributed by atoms with Crippen molar-refractivity contribution in [3.05, 3.63) is 58.4 Å². The SMILES string of the molecule is CCc1cc(OC(F)F)cc(C(C)C)c1CC(=O)N=S(N)(=O)c1ccc(CN(C)C)cc1F. The number of ether oxygens (including phenoxy) is 1. The van der Waals surface area contributed by atoms with Gasteiger partial charge in [-0.2, -0.15) is 8.78 Å². The van der Waals surface area contributed by atoms with Crippen LogP contribution in [0.4, 0.5) is 13.2 Å². The number of amides is 1. The first-order valence-electron chi connectivity index (χ1n) is 10.5. The average molecular weight is 486 g/mol. The smallest absolute Gasteiger partial charge is 0.387 e. The number of alkyl halides is 2. The number of carbonyl (C=O) groups excluding carboxylic acids is 1. The lowest BCUT2D eigenvalue weighted by molar-refractivity contribution is -0.117. The number of nitrogens with two attached hydrogens (primary N) is 1. The fraction of sp³-hybridized carbons (Fsp3) is 0.435. The molecule has 0 aliphatic heterocycles. The molecule has 0 bridgehead atoms. The minimum atomic E-state index is -3.82. The molecule has 0 spiro atoms. The molecule has 0 aliphatic carbocycles. The molecule has 2 N–H and O–H groups in total. The normalized spacial score (nSPS) is 13.5. The second kappa shape index (κ2) is 11.1. The Balaban J connectivity index is 2.42. The van der Waals surface area contributed by atoms with Gasteiger partial charge in [0.05, 0.1) is 11.3 Å². The Labute approximate surface area is 193 Å². The molecule has 0 aliphatic rings. The average Bonchev–Trinajstić information content (AvgIpc) is 2.66. The predicted octanol–water partition coefficient (Wildman–Crippen LogP) is 4.64. The molecule has 0 saturated carbocycles. The maximum Gasteiger partial charge on any atom is 0.387 e. The second-order valence-electron chi connectivity index (χ2n) is 8.27. The molecular weight excluding hydrogens is 455 g/mol. The van der Waals surface area contributed by atoms with Crippen LogP contribution in [0.1, 0.15) is 48.9 Å². The fourth-order valence-corrected chi connectivity index (χ4v) is 4.64. The Morgan fingerprint density at radius 2 is 1.88 bits per heavy atom. The highest BCUT2D eigenvalue weighted by Gasteiger charge is 2.20. The molecule has 182 valence electrons.